The summed E-state index contributed by atoms with van der Waals surface area (Å²) in [5.74, 6) is 1.45. The second kappa shape index (κ2) is 4.12. The largest absolute Gasteiger partial charge is 0.454 e. The van der Waals surface area contributed by atoms with Gasteiger partial charge in [-0.15, -0.1) is 0 Å². The van der Waals surface area contributed by atoms with Gasteiger partial charge in [-0.2, -0.15) is 0 Å². The minimum Gasteiger partial charge on any atom is -0.454 e. The second-order valence-electron chi connectivity index (χ2n) is 5.42. The fraction of sp³-hybridized carbons (Fsp3) is 0.571. The monoisotopic (exact) mass is 251 g/mol. The van der Waals surface area contributed by atoms with Gasteiger partial charge in [-0.1, -0.05) is 0 Å². The molecule has 0 saturated carbocycles. The van der Waals surface area contributed by atoms with Gasteiger partial charge in [-0.25, -0.2) is 4.39 Å². The van der Waals surface area contributed by atoms with Crippen LogP contribution in [-0.2, 0) is 5.67 Å². The lowest BCUT2D eigenvalue weighted by molar-refractivity contribution is 0.172. The molecule has 3 nitrogen and oxygen atoms in total. The zero-order valence-corrected chi connectivity index (χ0v) is 10.8. The van der Waals surface area contributed by atoms with Crippen LogP contribution in [0.2, 0.25) is 0 Å². The number of halogens is 1. The molecule has 18 heavy (non-hydrogen) atoms. The molecular weight excluding hydrogens is 233 g/mol. The van der Waals surface area contributed by atoms with Gasteiger partial charge in [0.1, 0.15) is 5.67 Å². The third-order valence-corrected chi connectivity index (χ3v) is 3.62. The van der Waals surface area contributed by atoms with Crippen molar-refractivity contribution in [2.45, 2.75) is 38.4 Å². The maximum atomic E-state index is 14.1. The summed E-state index contributed by atoms with van der Waals surface area (Å²) in [5, 5.41) is 3.42. The van der Waals surface area contributed by atoms with Gasteiger partial charge in [0.05, 0.1) is 0 Å². The Kier molecular flexibility index (Phi) is 2.70. The number of rotatable bonds is 2. The van der Waals surface area contributed by atoms with Gasteiger partial charge in [0, 0.05) is 11.6 Å². The Hall–Kier alpha value is -1.29. The van der Waals surface area contributed by atoms with Gasteiger partial charge in [-0.3, -0.25) is 0 Å². The molecule has 98 valence electrons. The molecular formula is C14H18FNO2. The summed E-state index contributed by atoms with van der Waals surface area (Å²) in [6, 6.07) is 3.92. The molecule has 0 aromatic heterocycles. The van der Waals surface area contributed by atoms with E-state index in [1.54, 1.807) is 19.9 Å². The van der Waals surface area contributed by atoms with E-state index < -0.39 is 5.67 Å². The molecule has 3 rings (SSSR count). The Labute approximate surface area is 106 Å². The molecule has 1 atom stereocenters. The zero-order chi connectivity index (χ0) is 12.8. The van der Waals surface area contributed by atoms with Gasteiger partial charge in [0.2, 0.25) is 6.79 Å². The highest BCUT2D eigenvalue weighted by Gasteiger charge is 2.30. The van der Waals surface area contributed by atoms with Gasteiger partial charge in [-0.05, 0) is 50.9 Å². The number of benzene rings is 1. The summed E-state index contributed by atoms with van der Waals surface area (Å²) in [5.41, 5.74) is 0.313. The average Bonchev–Trinajstić information content (AvgIpc) is 2.97. The number of hydrogen-bond donors (Lipinski definition) is 1. The van der Waals surface area contributed by atoms with Crippen molar-refractivity contribution in [2.75, 3.05) is 13.3 Å². The van der Waals surface area contributed by atoms with Crippen LogP contribution in [0.15, 0.2) is 12.1 Å². The van der Waals surface area contributed by atoms with Crippen molar-refractivity contribution in [2.24, 2.45) is 0 Å². The first kappa shape index (κ1) is 11.8. The zero-order valence-electron chi connectivity index (χ0n) is 10.8. The summed E-state index contributed by atoms with van der Waals surface area (Å²) in [4.78, 5) is 0. The molecule has 2 aliphatic rings. The van der Waals surface area contributed by atoms with Crippen LogP contribution in [0.3, 0.4) is 0 Å². The van der Waals surface area contributed by atoms with E-state index in [0.29, 0.717) is 11.3 Å². The summed E-state index contributed by atoms with van der Waals surface area (Å²) < 4.78 is 25.1. The first-order chi connectivity index (χ1) is 8.55. The first-order valence-corrected chi connectivity index (χ1v) is 6.42. The SMILES string of the molecule is CC(C)(F)c1cc2c(c(C3CCCN3)c1)OCO2. The Morgan fingerprint density at radius 3 is 2.83 bits per heavy atom. The van der Waals surface area contributed by atoms with Crippen LogP contribution in [0.5, 0.6) is 11.5 Å². The molecule has 0 spiro atoms. The van der Waals surface area contributed by atoms with Crippen molar-refractivity contribution in [3.05, 3.63) is 23.3 Å². The van der Waals surface area contributed by atoms with Crippen LogP contribution >= 0.6 is 0 Å². The lowest BCUT2D eigenvalue weighted by atomic mass is 9.94. The minimum atomic E-state index is -1.37. The van der Waals surface area contributed by atoms with Gasteiger partial charge in [0.15, 0.2) is 11.5 Å². The standard InChI is InChI=1S/C14H18FNO2/c1-14(2,15)9-6-10(11-4-3-5-16-11)13-12(7-9)17-8-18-13/h6-7,11,16H,3-5,8H2,1-2H3. The number of nitrogens with one attached hydrogen (secondary N) is 1. The van der Waals surface area contributed by atoms with Crippen molar-refractivity contribution < 1.29 is 13.9 Å². The lowest BCUT2D eigenvalue weighted by Gasteiger charge is -2.20. The Morgan fingerprint density at radius 1 is 1.33 bits per heavy atom. The third-order valence-electron chi connectivity index (χ3n) is 3.62. The van der Waals surface area contributed by atoms with Crippen LogP contribution < -0.4 is 14.8 Å². The van der Waals surface area contributed by atoms with Crippen molar-refractivity contribution in [1.82, 2.24) is 5.32 Å². The highest BCUT2D eigenvalue weighted by Crippen LogP contribution is 2.44. The minimum absolute atomic E-state index is 0.227. The van der Waals surface area contributed by atoms with Crippen molar-refractivity contribution in [1.29, 1.82) is 0 Å². The molecule has 0 aliphatic carbocycles. The Morgan fingerprint density at radius 2 is 2.17 bits per heavy atom. The molecule has 1 N–H and O–H groups in total. The van der Waals surface area contributed by atoms with E-state index in [9.17, 15) is 4.39 Å². The van der Waals surface area contributed by atoms with E-state index in [1.807, 2.05) is 6.07 Å². The molecule has 4 heteroatoms. The van der Waals surface area contributed by atoms with Gasteiger partial charge in [0.25, 0.3) is 0 Å². The molecule has 1 saturated heterocycles. The predicted molar refractivity (Wildman–Crippen MR) is 66.7 cm³/mol. The van der Waals surface area contributed by atoms with E-state index in [4.69, 9.17) is 9.47 Å². The molecule has 0 bridgehead atoms. The van der Waals surface area contributed by atoms with Crippen LogP contribution in [-0.4, -0.2) is 13.3 Å². The van der Waals surface area contributed by atoms with E-state index in [1.165, 1.54) is 0 Å². The van der Waals surface area contributed by atoms with Crippen molar-refractivity contribution >= 4 is 0 Å². The van der Waals surface area contributed by atoms with Crippen LogP contribution in [0.25, 0.3) is 0 Å². The molecule has 1 unspecified atom stereocenters. The number of ether oxygens (including phenoxy) is 2. The Balaban J connectivity index is 2.08. The summed E-state index contributed by atoms with van der Waals surface area (Å²) in [7, 11) is 0. The maximum Gasteiger partial charge on any atom is 0.231 e. The summed E-state index contributed by atoms with van der Waals surface area (Å²) in [6.07, 6.45) is 2.20. The predicted octanol–water partition coefficient (Wildman–Crippen LogP) is 3.04. The second-order valence-corrected chi connectivity index (χ2v) is 5.42. The lowest BCUT2D eigenvalue weighted by Crippen LogP contribution is -2.15. The van der Waals surface area contributed by atoms with Crippen LogP contribution in [0, 0.1) is 0 Å². The molecule has 0 amide bonds. The smallest absolute Gasteiger partial charge is 0.231 e. The fourth-order valence-corrected chi connectivity index (χ4v) is 2.59. The van der Waals surface area contributed by atoms with Gasteiger partial charge < -0.3 is 14.8 Å². The number of hydrogen-bond acceptors (Lipinski definition) is 3. The molecule has 1 aromatic carbocycles. The van der Waals surface area contributed by atoms with E-state index >= 15 is 0 Å². The Bertz CT molecular complexity index is 462. The number of alkyl halides is 1. The first-order valence-electron chi connectivity index (χ1n) is 6.42. The van der Waals surface area contributed by atoms with Gasteiger partial charge >= 0.3 is 0 Å². The molecule has 0 radical (unpaired) electrons. The van der Waals surface area contributed by atoms with Crippen LogP contribution in [0.1, 0.15) is 43.9 Å². The highest BCUT2D eigenvalue weighted by molar-refractivity contribution is 5.53. The van der Waals surface area contributed by atoms with E-state index in [-0.39, 0.29) is 12.8 Å². The normalized spacial score (nSPS) is 22.5. The summed E-state index contributed by atoms with van der Waals surface area (Å²) >= 11 is 0. The van der Waals surface area contributed by atoms with E-state index in [0.717, 1.165) is 30.7 Å². The molecule has 1 aromatic rings. The maximum absolute atomic E-state index is 14.1. The quantitative estimate of drug-likeness (QED) is 0.876. The van der Waals surface area contributed by atoms with Crippen molar-refractivity contribution in [3.8, 4) is 11.5 Å². The topological polar surface area (TPSA) is 30.5 Å². The molecule has 2 heterocycles. The average molecular weight is 251 g/mol. The molecule has 2 aliphatic heterocycles. The highest BCUT2D eigenvalue weighted by atomic mass is 19.1. The summed E-state index contributed by atoms with van der Waals surface area (Å²) in [6.45, 7) is 4.36. The number of fused-ring (bicyclic) bond motifs is 1. The molecule has 1 fully saturated rings. The fourth-order valence-electron chi connectivity index (χ4n) is 2.59. The third kappa shape index (κ3) is 1.94. The van der Waals surface area contributed by atoms with Crippen molar-refractivity contribution in [3.63, 3.8) is 0 Å². The van der Waals surface area contributed by atoms with E-state index in [2.05, 4.69) is 5.32 Å². The van der Waals surface area contributed by atoms with Crippen LogP contribution in [0.4, 0.5) is 4.39 Å².